The maximum absolute atomic E-state index is 13.5. The molecule has 0 amide bonds. The van der Waals surface area contributed by atoms with E-state index in [1.807, 2.05) is 26.0 Å². The van der Waals surface area contributed by atoms with Crippen LogP contribution in [0.3, 0.4) is 0 Å². The van der Waals surface area contributed by atoms with Gasteiger partial charge in [0, 0.05) is 17.6 Å². The minimum atomic E-state index is -0.472. The molecule has 0 aliphatic rings. The average Bonchev–Trinajstić information content (AvgIpc) is 2.53. The van der Waals surface area contributed by atoms with Gasteiger partial charge < -0.3 is 0 Å². The van der Waals surface area contributed by atoms with Gasteiger partial charge in [-0.15, -0.1) is 0 Å². The van der Waals surface area contributed by atoms with Gasteiger partial charge in [-0.1, -0.05) is 11.6 Å². The van der Waals surface area contributed by atoms with Crippen molar-refractivity contribution < 1.29 is 4.39 Å². The summed E-state index contributed by atoms with van der Waals surface area (Å²) in [5, 5.41) is 0.281. The van der Waals surface area contributed by atoms with Gasteiger partial charge >= 0.3 is 0 Å². The van der Waals surface area contributed by atoms with Gasteiger partial charge in [-0.2, -0.15) is 0 Å². The van der Waals surface area contributed by atoms with E-state index in [4.69, 9.17) is 11.6 Å². The number of rotatable bonds is 2. The van der Waals surface area contributed by atoms with Gasteiger partial charge in [0.15, 0.2) is 11.6 Å². The Bertz CT molecular complexity index is 502. The molecule has 84 valence electrons. The molecule has 5 heteroatoms. The van der Waals surface area contributed by atoms with Crippen LogP contribution in [-0.4, -0.2) is 9.66 Å². The molecule has 0 aliphatic carbocycles. The van der Waals surface area contributed by atoms with E-state index in [-0.39, 0.29) is 10.8 Å². The molecule has 0 fully saturated rings. The Hall–Kier alpha value is -1.55. The summed E-state index contributed by atoms with van der Waals surface area (Å²) in [7, 11) is 0. The summed E-state index contributed by atoms with van der Waals surface area (Å²) in [4.78, 5) is 3.90. The van der Waals surface area contributed by atoms with Crippen molar-refractivity contribution in [1.82, 2.24) is 9.66 Å². The fourth-order valence-electron chi connectivity index (χ4n) is 1.45. The summed E-state index contributed by atoms with van der Waals surface area (Å²) in [6.07, 6.45) is 1.40. The van der Waals surface area contributed by atoms with E-state index < -0.39 is 5.82 Å². The second kappa shape index (κ2) is 4.14. The zero-order chi connectivity index (χ0) is 11.7. The Morgan fingerprint density at radius 2 is 1.94 bits per heavy atom. The topological polar surface area (TPSA) is 29.9 Å². The van der Waals surface area contributed by atoms with Crippen LogP contribution >= 0.6 is 11.6 Å². The van der Waals surface area contributed by atoms with Crippen LogP contribution in [0.15, 0.2) is 24.4 Å². The van der Waals surface area contributed by atoms with Gasteiger partial charge in [0.05, 0.1) is 5.02 Å². The molecule has 0 aliphatic heterocycles. The first-order valence-corrected chi connectivity index (χ1v) is 5.19. The number of hydrogen-bond acceptors (Lipinski definition) is 2. The fraction of sp³-hybridized carbons (Fsp3) is 0.182. The SMILES string of the molecule is Cc1ccc(C)n1Nc1ncc(Cl)cc1F. The Balaban J connectivity index is 2.34. The maximum atomic E-state index is 13.5. The van der Waals surface area contributed by atoms with Crippen molar-refractivity contribution in [2.45, 2.75) is 13.8 Å². The molecule has 2 aromatic heterocycles. The summed E-state index contributed by atoms with van der Waals surface area (Å²) in [5.41, 5.74) is 4.85. The Kier molecular flexibility index (Phi) is 2.83. The number of halogens is 2. The molecule has 0 saturated heterocycles. The lowest BCUT2D eigenvalue weighted by atomic mass is 10.4. The monoisotopic (exact) mass is 239 g/mol. The Morgan fingerprint density at radius 1 is 1.31 bits per heavy atom. The number of anilines is 1. The zero-order valence-corrected chi connectivity index (χ0v) is 9.72. The van der Waals surface area contributed by atoms with Crippen LogP contribution in [-0.2, 0) is 0 Å². The Labute approximate surface area is 97.8 Å². The lowest BCUT2D eigenvalue weighted by Crippen LogP contribution is -2.14. The van der Waals surface area contributed by atoms with Crippen molar-refractivity contribution in [2.75, 3.05) is 5.43 Å². The highest BCUT2D eigenvalue weighted by atomic mass is 35.5. The van der Waals surface area contributed by atoms with E-state index in [1.54, 1.807) is 4.68 Å². The van der Waals surface area contributed by atoms with Crippen LogP contribution < -0.4 is 5.43 Å². The van der Waals surface area contributed by atoms with Crippen LogP contribution in [0.4, 0.5) is 10.2 Å². The summed E-state index contributed by atoms with van der Waals surface area (Å²) >= 11 is 5.62. The van der Waals surface area contributed by atoms with Gasteiger partial charge in [0.25, 0.3) is 0 Å². The van der Waals surface area contributed by atoms with Gasteiger partial charge in [-0.3, -0.25) is 10.1 Å². The molecule has 16 heavy (non-hydrogen) atoms. The number of aryl methyl sites for hydroxylation is 2. The van der Waals surface area contributed by atoms with Gasteiger partial charge in [0.1, 0.15) is 0 Å². The first-order valence-electron chi connectivity index (χ1n) is 4.81. The van der Waals surface area contributed by atoms with Crippen molar-refractivity contribution in [3.8, 4) is 0 Å². The lowest BCUT2D eigenvalue weighted by molar-refractivity contribution is 0.621. The summed E-state index contributed by atoms with van der Waals surface area (Å²) in [6.45, 7) is 3.85. The molecule has 2 rings (SSSR count). The van der Waals surface area contributed by atoms with Crippen molar-refractivity contribution in [2.24, 2.45) is 0 Å². The zero-order valence-electron chi connectivity index (χ0n) is 8.96. The van der Waals surface area contributed by atoms with E-state index >= 15 is 0 Å². The molecular formula is C11H11ClFN3. The van der Waals surface area contributed by atoms with E-state index in [2.05, 4.69) is 10.4 Å². The smallest absolute Gasteiger partial charge is 0.181 e. The molecule has 3 nitrogen and oxygen atoms in total. The quantitative estimate of drug-likeness (QED) is 0.873. The molecule has 2 aromatic rings. The minimum absolute atomic E-state index is 0.159. The van der Waals surface area contributed by atoms with Crippen molar-refractivity contribution in [1.29, 1.82) is 0 Å². The van der Waals surface area contributed by atoms with E-state index in [0.29, 0.717) is 0 Å². The lowest BCUT2D eigenvalue weighted by Gasteiger charge is -2.12. The Morgan fingerprint density at radius 3 is 2.50 bits per heavy atom. The van der Waals surface area contributed by atoms with E-state index in [0.717, 1.165) is 11.4 Å². The number of aromatic nitrogens is 2. The molecule has 0 aromatic carbocycles. The van der Waals surface area contributed by atoms with Crippen molar-refractivity contribution in [3.05, 3.63) is 46.6 Å². The number of nitrogens with zero attached hydrogens (tertiary/aromatic N) is 2. The fourth-order valence-corrected chi connectivity index (χ4v) is 1.59. The third-order valence-electron chi connectivity index (χ3n) is 2.30. The van der Waals surface area contributed by atoms with Gasteiger partial charge in [-0.25, -0.2) is 9.37 Å². The summed E-state index contributed by atoms with van der Waals surface area (Å²) in [6, 6.07) is 5.11. The minimum Gasteiger partial charge on any atom is -0.275 e. The number of pyridine rings is 1. The molecule has 0 bridgehead atoms. The maximum Gasteiger partial charge on any atom is 0.181 e. The van der Waals surface area contributed by atoms with E-state index in [9.17, 15) is 4.39 Å². The molecule has 0 atom stereocenters. The first kappa shape index (κ1) is 11.0. The normalized spacial score (nSPS) is 10.5. The van der Waals surface area contributed by atoms with Crippen LogP contribution in [0, 0.1) is 19.7 Å². The molecule has 2 heterocycles. The molecular weight excluding hydrogens is 229 g/mol. The summed E-state index contributed by atoms with van der Waals surface area (Å²) in [5.74, 6) is -0.313. The highest BCUT2D eigenvalue weighted by molar-refractivity contribution is 6.30. The van der Waals surface area contributed by atoms with E-state index in [1.165, 1.54) is 12.3 Å². The van der Waals surface area contributed by atoms with Crippen LogP contribution in [0.2, 0.25) is 5.02 Å². The highest BCUT2D eigenvalue weighted by Gasteiger charge is 2.07. The van der Waals surface area contributed by atoms with Crippen LogP contribution in [0.5, 0.6) is 0 Å². The first-order chi connectivity index (χ1) is 7.58. The molecule has 0 unspecified atom stereocenters. The number of hydrogen-bond donors (Lipinski definition) is 1. The molecule has 0 radical (unpaired) electrons. The third kappa shape index (κ3) is 2.02. The number of nitrogens with one attached hydrogen (secondary N) is 1. The largest absolute Gasteiger partial charge is 0.275 e. The average molecular weight is 240 g/mol. The van der Waals surface area contributed by atoms with Crippen LogP contribution in [0.25, 0.3) is 0 Å². The highest BCUT2D eigenvalue weighted by Crippen LogP contribution is 2.17. The second-order valence-corrected chi connectivity index (χ2v) is 3.98. The predicted octanol–water partition coefficient (Wildman–Crippen LogP) is 3.17. The molecule has 0 saturated carbocycles. The molecule has 0 spiro atoms. The van der Waals surface area contributed by atoms with Gasteiger partial charge in [0.2, 0.25) is 0 Å². The summed E-state index contributed by atoms with van der Waals surface area (Å²) < 4.78 is 15.2. The second-order valence-electron chi connectivity index (χ2n) is 3.55. The van der Waals surface area contributed by atoms with Crippen molar-refractivity contribution in [3.63, 3.8) is 0 Å². The standard InChI is InChI=1S/C11H11ClFN3/c1-7-3-4-8(2)16(7)15-11-10(13)5-9(12)6-14-11/h3-6H,1-2H3,(H,14,15). The van der Waals surface area contributed by atoms with Crippen LogP contribution in [0.1, 0.15) is 11.4 Å². The molecule has 1 N–H and O–H groups in total. The predicted molar refractivity (Wildman–Crippen MR) is 62.1 cm³/mol. The van der Waals surface area contributed by atoms with Crippen molar-refractivity contribution >= 4 is 17.4 Å². The van der Waals surface area contributed by atoms with Gasteiger partial charge in [-0.05, 0) is 32.0 Å². The third-order valence-corrected chi connectivity index (χ3v) is 2.50.